The van der Waals surface area contributed by atoms with Crippen LogP contribution in [-0.4, -0.2) is 23.8 Å². The van der Waals surface area contributed by atoms with Gasteiger partial charge in [-0.05, 0) is 12.3 Å². The summed E-state index contributed by atoms with van der Waals surface area (Å²) in [7, 11) is 0. The van der Waals surface area contributed by atoms with E-state index >= 15 is 0 Å². The molecule has 0 bridgehead atoms. The molecule has 0 radical (unpaired) electrons. The molecule has 2 N–H and O–H groups in total. The van der Waals surface area contributed by atoms with Crippen LogP contribution in [0.25, 0.3) is 0 Å². The molecular weight excluding hydrogens is 114 g/mol. The maximum atomic E-state index is 9.24. The quantitative estimate of drug-likeness (QED) is 0.536. The van der Waals surface area contributed by atoms with Crippen molar-refractivity contribution in [3.05, 3.63) is 0 Å². The fourth-order valence-electron chi connectivity index (χ4n) is 1.43. The maximum Gasteiger partial charge on any atom is 0.0705 e. The third-order valence-corrected chi connectivity index (χ3v) is 2.27. The van der Waals surface area contributed by atoms with Gasteiger partial charge in [0.05, 0.1) is 6.10 Å². The first kappa shape index (κ1) is 7.03. The van der Waals surface area contributed by atoms with Gasteiger partial charge in [-0.15, -0.1) is 0 Å². The second-order valence-electron chi connectivity index (χ2n) is 2.85. The van der Waals surface area contributed by atoms with Gasteiger partial charge in [0.2, 0.25) is 0 Å². The second-order valence-corrected chi connectivity index (χ2v) is 2.85. The summed E-state index contributed by atoms with van der Waals surface area (Å²) in [5.41, 5.74) is 0. The summed E-state index contributed by atoms with van der Waals surface area (Å²) in [5.74, 6) is 0.440. The minimum Gasteiger partial charge on any atom is -0.391 e. The van der Waals surface area contributed by atoms with Crippen LogP contribution in [0, 0.1) is 5.92 Å². The highest BCUT2D eigenvalue weighted by molar-refractivity contribution is 4.86. The zero-order valence-corrected chi connectivity index (χ0v) is 6.09. The molecule has 1 saturated heterocycles. The van der Waals surface area contributed by atoms with Gasteiger partial charge in [-0.2, -0.15) is 0 Å². The van der Waals surface area contributed by atoms with Gasteiger partial charge in [0.15, 0.2) is 0 Å². The molecular formula is C7H15NO. The molecule has 0 amide bonds. The van der Waals surface area contributed by atoms with Crippen LogP contribution in [-0.2, 0) is 0 Å². The van der Waals surface area contributed by atoms with E-state index in [4.69, 9.17) is 0 Å². The van der Waals surface area contributed by atoms with Crippen molar-refractivity contribution in [1.82, 2.24) is 5.32 Å². The van der Waals surface area contributed by atoms with Crippen molar-refractivity contribution in [2.75, 3.05) is 6.54 Å². The Balaban J connectivity index is 2.41. The molecule has 0 aliphatic carbocycles. The predicted octanol–water partition coefficient (Wildman–Crippen LogP) is 0.365. The van der Waals surface area contributed by atoms with Crippen LogP contribution >= 0.6 is 0 Å². The van der Waals surface area contributed by atoms with Crippen molar-refractivity contribution in [1.29, 1.82) is 0 Å². The summed E-state index contributed by atoms with van der Waals surface area (Å²) in [6.07, 6.45) is 1.01. The number of nitrogens with one attached hydrogen (secondary N) is 1. The Labute approximate surface area is 56.3 Å². The van der Waals surface area contributed by atoms with Crippen LogP contribution in [0.5, 0.6) is 0 Å². The number of hydrogen-bond donors (Lipinski definition) is 2. The van der Waals surface area contributed by atoms with Gasteiger partial charge in [0.25, 0.3) is 0 Å². The number of aliphatic hydroxyl groups is 1. The number of hydrogen-bond acceptors (Lipinski definition) is 2. The highest BCUT2D eigenvalue weighted by Crippen LogP contribution is 2.16. The number of β-amino-alcohol motifs (C(OH)–C–C–N with tert-alkyl or cyclic N) is 1. The predicted molar refractivity (Wildman–Crippen MR) is 37.3 cm³/mol. The molecule has 1 aliphatic rings. The lowest BCUT2D eigenvalue weighted by atomic mass is 9.99. The molecule has 9 heavy (non-hydrogen) atoms. The Kier molecular flexibility index (Phi) is 2.09. The summed E-state index contributed by atoms with van der Waals surface area (Å²) in [6, 6.07) is 0.542. The molecule has 54 valence electrons. The summed E-state index contributed by atoms with van der Waals surface area (Å²) in [5, 5.41) is 12.5. The van der Waals surface area contributed by atoms with E-state index in [-0.39, 0.29) is 6.10 Å². The van der Waals surface area contributed by atoms with E-state index in [2.05, 4.69) is 19.2 Å². The van der Waals surface area contributed by atoms with Crippen LogP contribution < -0.4 is 5.32 Å². The molecule has 0 aromatic heterocycles. The molecule has 1 rings (SSSR count). The number of aliphatic hydroxyl groups excluding tert-OH is 1. The number of rotatable bonds is 1. The lowest BCUT2D eigenvalue weighted by Crippen LogP contribution is -2.24. The van der Waals surface area contributed by atoms with Crippen LogP contribution in [0.2, 0.25) is 0 Å². The SMILES string of the molecule is CC[C@@H]1NC[C@H](O)[C@@H]1C. The van der Waals surface area contributed by atoms with Crippen LogP contribution in [0.15, 0.2) is 0 Å². The molecule has 1 heterocycles. The molecule has 0 aromatic rings. The fourth-order valence-corrected chi connectivity index (χ4v) is 1.43. The van der Waals surface area contributed by atoms with Crippen molar-refractivity contribution in [2.24, 2.45) is 5.92 Å². The average Bonchev–Trinajstić information content (AvgIpc) is 2.15. The molecule has 1 fully saturated rings. The lowest BCUT2D eigenvalue weighted by molar-refractivity contribution is 0.147. The van der Waals surface area contributed by atoms with Crippen molar-refractivity contribution < 1.29 is 5.11 Å². The Hall–Kier alpha value is -0.0800. The van der Waals surface area contributed by atoms with E-state index in [0.29, 0.717) is 12.0 Å². The average molecular weight is 129 g/mol. The van der Waals surface area contributed by atoms with Gasteiger partial charge in [0.1, 0.15) is 0 Å². The molecule has 0 spiro atoms. The first-order valence-electron chi connectivity index (χ1n) is 3.67. The Morgan fingerprint density at radius 2 is 2.33 bits per heavy atom. The van der Waals surface area contributed by atoms with Crippen LogP contribution in [0.4, 0.5) is 0 Å². The highest BCUT2D eigenvalue weighted by Gasteiger charge is 2.28. The monoisotopic (exact) mass is 129 g/mol. The van der Waals surface area contributed by atoms with Gasteiger partial charge >= 0.3 is 0 Å². The van der Waals surface area contributed by atoms with Crippen LogP contribution in [0.1, 0.15) is 20.3 Å². The van der Waals surface area contributed by atoms with E-state index < -0.39 is 0 Å². The van der Waals surface area contributed by atoms with Crippen molar-refractivity contribution in [2.45, 2.75) is 32.4 Å². The summed E-state index contributed by atoms with van der Waals surface area (Å²) >= 11 is 0. The Morgan fingerprint density at radius 3 is 2.56 bits per heavy atom. The molecule has 0 saturated carbocycles. The largest absolute Gasteiger partial charge is 0.391 e. The normalized spacial score (nSPS) is 43.7. The van der Waals surface area contributed by atoms with Gasteiger partial charge < -0.3 is 10.4 Å². The van der Waals surface area contributed by atoms with Crippen molar-refractivity contribution in [3.63, 3.8) is 0 Å². The van der Waals surface area contributed by atoms with Gasteiger partial charge in [-0.1, -0.05) is 13.8 Å². The third kappa shape index (κ3) is 1.25. The van der Waals surface area contributed by atoms with E-state index in [0.717, 1.165) is 13.0 Å². The zero-order chi connectivity index (χ0) is 6.85. The molecule has 1 aliphatic heterocycles. The topological polar surface area (TPSA) is 32.3 Å². The van der Waals surface area contributed by atoms with Crippen molar-refractivity contribution >= 4 is 0 Å². The molecule has 0 unspecified atom stereocenters. The minimum atomic E-state index is -0.116. The second kappa shape index (κ2) is 2.67. The molecule has 3 atom stereocenters. The molecule has 2 nitrogen and oxygen atoms in total. The standard InChI is InChI=1S/C7H15NO/c1-3-6-5(2)7(9)4-8-6/h5-9H,3-4H2,1-2H3/t5-,6+,7+/m1/s1. The summed E-state index contributed by atoms with van der Waals surface area (Å²) in [4.78, 5) is 0. The molecule has 2 heteroatoms. The highest BCUT2D eigenvalue weighted by atomic mass is 16.3. The third-order valence-electron chi connectivity index (χ3n) is 2.27. The van der Waals surface area contributed by atoms with E-state index in [1.165, 1.54) is 0 Å². The van der Waals surface area contributed by atoms with E-state index in [1.54, 1.807) is 0 Å². The lowest BCUT2D eigenvalue weighted by Gasteiger charge is -2.13. The van der Waals surface area contributed by atoms with Gasteiger partial charge in [-0.25, -0.2) is 0 Å². The van der Waals surface area contributed by atoms with Crippen LogP contribution in [0.3, 0.4) is 0 Å². The maximum absolute atomic E-state index is 9.24. The summed E-state index contributed by atoms with van der Waals surface area (Å²) in [6.45, 7) is 5.02. The smallest absolute Gasteiger partial charge is 0.0705 e. The first-order valence-corrected chi connectivity index (χ1v) is 3.67. The molecule has 0 aromatic carbocycles. The Bertz CT molecular complexity index is 94.9. The fraction of sp³-hybridized carbons (Fsp3) is 1.00. The first-order chi connectivity index (χ1) is 4.25. The zero-order valence-electron chi connectivity index (χ0n) is 6.09. The van der Waals surface area contributed by atoms with E-state index in [9.17, 15) is 5.11 Å². The summed E-state index contributed by atoms with van der Waals surface area (Å²) < 4.78 is 0. The van der Waals surface area contributed by atoms with Gasteiger partial charge in [-0.3, -0.25) is 0 Å². The minimum absolute atomic E-state index is 0.116. The Morgan fingerprint density at radius 1 is 1.67 bits per heavy atom. The van der Waals surface area contributed by atoms with E-state index in [1.807, 2.05) is 0 Å². The van der Waals surface area contributed by atoms with Crippen molar-refractivity contribution in [3.8, 4) is 0 Å². The van der Waals surface area contributed by atoms with Gasteiger partial charge in [0, 0.05) is 12.6 Å².